The molecule has 0 unspecified atom stereocenters. The molecule has 3 heteroatoms. The highest BCUT2D eigenvalue weighted by Crippen LogP contribution is 2.27. The summed E-state index contributed by atoms with van der Waals surface area (Å²) in [4.78, 5) is 4.90. The maximum absolute atomic E-state index is 5.97. The van der Waals surface area contributed by atoms with Crippen molar-refractivity contribution in [2.24, 2.45) is 0 Å². The summed E-state index contributed by atoms with van der Waals surface area (Å²) in [5.41, 5.74) is 4.07. The van der Waals surface area contributed by atoms with Gasteiger partial charge in [0.2, 0.25) is 0 Å². The van der Waals surface area contributed by atoms with Crippen LogP contribution in [0.15, 0.2) is 24.3 Å². The van der Waals surface area contributed by atoms with Crippen LogP contribution in [-0.4, -0.2) is 9.55 Å². The van der Waals surface area contributed by atoms with Crippen LogP contribution in [0.1, 0.15) is 55.4 Å². The van der Waals surface area contributed by atoms with Crippen LogP contribution in [0.4, 0.5) is 0 Å². The van der Waals surface area contributed by atoms with E-state index in [0.29, 0.717) is 5.92 Å². The van der Waals surface area contributed by atoms with Crippen molar-refractivity contribution in [3.05, 3.63) is 52.1 Å². The van der Waals surface area contributed by atoms with Gasteiger partial charge in [-0.15, -0.1) is 0 Å². The molecule has 1 heterocycles. The number of benzene rings is 1. The van der Waals surface area contributed by atoms with Gasteiger partial charge in [-0.2, -0.15) is 0 Å². The fourth-order valence-electron chi connectivity index (χ4n) is 3.01. The standard InChI is InChI=1S/C17H21ClN2/c1-12(2)17-19-15-5-3-4-6-16(15)20(17)11-13-7-9-14(18)10-8-13/h7-10,12H,3-6,11H2,1-2H3. The van der Waals surface area contributed by atoms with E-state index in [-0.39, 0.29) is 0 Å². The van der Waals surface area contributed by atoms with E-state index in [1.165, 1.54) is 42.0 Å². The van der Waals surface area contributed by atoms with Crippen molar-refractivity contribution in [2.75, 3.05) is 0 Å². The van der Waals surface area contributed by atoms with Crippen LogP contribution < -0.4 is 0 Å². The first kappa shape index (κ1) is 13.7. The van der Waals surface area contributed by atoms with Gasteiger partial charge < -0.3 is 4.57 Å². The van der Waals surface area contributed by atoms with Crippen LogP contribution in [-0.2, 0) is 19.4 Å². The van der Waals surface area contributed by atoms with Crippen LogP contribution in [0.2, 0.25) is 5.02 Å². The average molecular weight is 289 g/mol. The Morgan fingerprint density at radius 3 is 2.55 bits per heavy atom. The Morgan fingerprint density at radius 1 is 1.15 bits per heavy atom. The molecule has 0 spiro atoms. The number of halogens is 1. The zero-order chi connectivity index (χ0) is 14.1. The molecule has 0 N–H and O–H groups in total. The normalized spacial score (nSPS) is 14.6. The maximum Gasteiger partial charge on any atom is 0.112 e. The van der Waals surface area contributed by atoms with Gasteiger partial charge in [-0.25, -0.2) is 4.98 Å². The largest absolute Gasteiger partial charge is 0.327 e. The van der Waals surface area contributed by atoms with Gasteiger partial charge in [0, 0.05) is 23.2 Å². The van der Waals surface area contributed by atoms with Crippen LogP contribution >= 0.6 is 11.6 Å². The van der Waals surface area contributed by atoms with Crippen molar-refractivity contribution < 1.29 is 0 Å². The van der Waals surface area contributed by atoms with Crippen molar-refractivity contribution >= 4 is 11.6 Å². The summed E-state index contributed by atoms with van der Waals surface area (Å²) in [6.07, 6.45) is 4.88. The Hall–Kier alpha value is -1.28. The number of imidazole rings is 1. The highest BCUT2D eigenvalue weighted by atomic mass is 35.5. The van der Waals surface area contributed by atoms with Gasteiger partial charge >= 0.3 is 0 Å². The predicted octanol–water partition coefficient (Wildman–Crippen LogP) is 4.59. The van der Waals surface area contributed by atoms with Gasteiger partial charge in [0.15, 0.2) is 0 Å². The number of aryl methyl sites for hydroxylation is 1. The Labute approximate surface area is 125 Å². The monoisotopic (exact) mass is 288 g/mol. The molecule has 1 aromatic carbocycles. The van der Waals surface area contributed by atoms with Gasteiger partial charge in [0.05, 0.1) is 5.69 Å². The summed E-state index contributed by atoms with van der Waals surface area (Å²) in [5, 5.41) is 0.797. The molecule has 0 saturated heterocycles. The van der Waals surface area contributed by atoms with E-state index in [9.17, 15) is 0 Å². The molecule has 1 aromatic heterocycles. The minimum atomic E-state index is 0.466. The van der Waals surface area contributed by atoms with Crippen molar-refractivity contribution in [3.8, 4) is 0 Å². The number of rotatable bonds is 3. The third-order valence-electron chi connectivity index (χ3n) is 4.03. The van der Waals surface area contributed by atoms with E-state index in [4.69, 9.17) is 16.6 Å². The number of hydrogen-bond donors (Lipinski definition) is 0. The quantitative estimate of drug-likeness (QED) is 0.808. The lowest BCUT2D eigenvalue weighted by Gasteiger charge is -2.16. The lowest BCUT2D eigenvalue weighted by Crippen LogP contribution is -2.12. The molecule has 1 aliphatic rings. The summed E-state index contributed by atoms with van der Waals surface area (Å²) in [7, 11) is 0. The molecule has 106 valence electrons. The van der Waals surface area contributed by atoms with Crippen LogP contribution in [0, 0.1) is 0 Å². The number of hydrogen-bond acceptors (Lipinski definition) is 1. The van der Waals surface area contributed by atoms with Gasteiger partial charge in [-0.3, -0.25) is 0 Å². The van der Waals surface area contributed by atoms with E-state index >= 15 is 0 Å². The predicted molar refractivity (Wildman–Crippen MR) is 83.5 cm³/mol. The maximum atomic E-state index is 5.97. The van der Waals surface area contributed by atoms with E-state index in [2.05, 4.69) is 30.5 Å². The summed E-state index contributed by atoms with van der Waals surface area (Å²) in [6, 6.07) is 8.16. The third-order valence-corrected chi connectivity index (χ3v) is 4.28. The van der Waals surface area contributed by atoms with E-state index in [1.54, 1.807) is 0 Å². The molecule has 0 bridgehead atoms. The fraction of sp³-hybridized carbons (Fsp3) is 0.471. The molecular weight excluding hydrogens is 268 g/mol. The average Bonchev–Trinajstić information content (AvgIpc) is 2.81. The summed E-state index contributed by atoms with van der Waals surface area (Å²) in [5.74, 6) is 1.69. The highest BCUT2D eigenvalue weighted by molar-refractivity contribution is 6.30. The first-order chi connectivity index (χ1) is 9.65. The molecule has 0 fully saturated rings. The topological polar surface area (TPSA) is 17.8 Å². The molecule has 0 amide bonds. The first-order valence-electron chi connectivity index (χ1n) is 7.48. The van der Waals surface area contributed by atoms with Crippen LogP contribution in [0.25, 0.3) is 0 Å². The Morgan fingerprint density at radius 2 is 1.85 bits per heavy atom. The zero-order valence-corrected chi connectivity index (χ0v) is 13.0. The minimum Gasteiger partial charge on any atom is -0.327 e. The van der Waals surface area contributed by atoms with Crippen molar-refractivity contribution in [1.82, 2.24) is 9.55 Å². The molecule has 2 nitrogen and oxygen atoms in total. The molecule has 0 saturated carbocycles. The van der Waals surface area contributed by atoms with Crippen LogP contribution in [0.5, 0.6) is 0 Å². The van der Waals surface area contributed by atoms with Crippen molar-refractivity contribution in [2.45, 2.75) is 52.0 Å². The van der Waals surface area contributed by atoms with Gasteiger partial charge in [0.25, 0.3) is 0 Å². The summed E-state index contributed by atoms with van der Waals surface area (Å²) >= 11 is 5.97. The van der Waals surface area contributed by atoms with Crippen molar-refractivity contribution in [3.63, 3.8) is 0 Å². The Kier molecular flexibility index (Phi) is 3.84. The molecule has 0 atom stereocenters. The zero-order valence-electron chi connectivity index (χ0n) is 12.2. The Balaban J connectivity index is 1.98. The second kappa shape index (κ2) is 5.61. The van der Waals surface area contributed by atoms with Gasteiger partial charge in [-0.05, 0) is 43.4 Å². The summed E-state index contributed by atoms with van der Waals surface area (Å²) in [6.45, 7) is 5.37. The third kappa shape index (κ3) is 2.62. The minimum absolute atomic E-state index is 0.466. The van der Waals surface area contributed by atoms with Gasteiger partial charge in [0.1, 0.15) is 5.82 Å². The Bertz CT molecular complexity index is 596. The van der Waals surface area contributed by atoms with E-state index in [1.807, 2.05) is 12.1 Å². The lowest BCUT2D eigenvalue weighted by atomic mass is 10.0. The number of nitrogens with zero attached hydrogens (tertiary/aromatic N) is 2. The second-order valence-corrected chi connectivity index (χ2v) is 6.37. The molecule has 2 aromatic rings. The smallest absolute Gasteiger partial charge is 0.112 e. The first-order valence-corrected chi connectivity index (χ1v) is 7.85. The molecular formula is C17H21ClN2. The number of aromatic nitrogens is 2. The number of fused-ring (bicyclic) bond motifs is 1. The lowest BCUT2D eigenvalue weighted by molar-refractivity contribution is 0.608. The van der Waals surface area contributed by atoms with Crippen LogP contribution in [0.3, 0.4) is 0 Å². The molecule has 1 aliphatic carbocycles. The molecule has 0 aliphatic heterocycles. The second-order valence-electron chi connectivity index (χ2n) is 5.94. The SMILES string of the molecule is CC(C)c1nc2c(n1Cc1ccc(Cl)cc1)CCCC2. The summed E-state index contributed by atoms with van der Waals surface area (Å²) < 4.78 is 2.43. The molecule has 20 heavy (non-hydrogen) atoms. The molecule has 0 radical (unpaired) electrons. The molecule has 3 rings (SSSR count). The van der Waals surface area contributed by atoms with E-state index < -0.39 is 0 Å². The fourth-order valence-corrected chi connectivity index (χ4v) is 3.14. The highest BCUT2D eigenvalue weighted by Gasteiger charge is 2.21. The van der Waals surface area contributed by atoms with Crippen molar-refractivity contribution in [1.29, 1.82) is 0 Å². The van der Waals surface area contributed by atoms with Gasteiger partial charge in [-0.1, -0.05) is 37.6 Å². The van der Waals surface area contributed by atoms with E-state index in [0.717, 1.165) is 18.0 Å².